The van der Waals surface area contributed by atoms with Crippen molar-refractivity contribution in [2.24, 2.45) is 0 Å². The number of thiophene rings is 1. The molecule has 4 rings (SSSR count). The maximum absolute atomic E-state index is 9.65. The van der Waals surface area contributed by atoms with Gasteiger partial charge in [-0.1, -0.05) is 18.2 Å². The third-order valence-corrected chi connectivity index (χ3v) is 6.17. The molecule has 0 radical (unpaired) electrons. The monoisotopic (exact) mass is 367 g/mol. The van der Waals surface area contributed by atoms with Crippen LogP contribution in [0.2, 0.25) is 0 Å². The topological polar surface area (TPSA) is 58.0 Å². The highest BCUT2D eigenvalue weighted by Gasteiger charge is 2.22. The number of aromatic nitrogens is 2. The van der Waals surface area contributed by atoms with Crippen LogP contribution in [0.4, 0.5) is 5.82 Å². The second kappa shape index (κ2) is 6.63. The summed E-state index contributed by atoms with van der Waals surface area (Å²) in [6.45, 7) is 6.13. The smallest absolute Gasteiger partial charge is 0.139 e. The molecular weight excluding hydrogens is 342 g/mol. The maximum atomic E-state index is 9.65. The zero-order chi connectivity index (χ0) is 18.3. The molecule has 2 aromatic heterocycles. The summed E-state index contributed by atoms with van der Waals surface area (Å²) in [5.41, 5.74) is 5.00. The normalized spacial score (nSPS) is 14.5. The number of hydrogen-bond donors (Lipinski definition) is 2. The van der Waals surface area contributed by atoms with E-state index in [1.54, 1.807) is 17.7 Å². The molecule has 136 valence electrons. The van der Waals surface area contributed by atoms with Crippen LogP contribution in [0.25, 0.3) is 21.3 Å². The van der Waals surface area contributed by atoms with Crippen molar-refractivity contribution >= 4 is 27.4 Å². The van der Waals surface area contributed by atoms with E-state index in [9.17, 15) is 5.11 Å². The summed E-state index contributed by atoms with van der Waals surface area (Å²) in [6.07, 6.45) is 6.54. The van der Waals surface area contributed by atoms with Gasteiger partial charge in [0, 0.05) is 10.4 Å². The number of aryl methyl sites for hydroxylation is 3. The Balaban J connectivity index is 1.88. The second-order valence-electron chi connectivity index (χ2n) is 7.79. The van der Waals surface area contributed by atoms with Crippen molar-refractivity contribution in [2.75, 3.05) is 11.9 Å². The Hall–Kier alpha value is -1.98. The van der Waals surface area contributed by atoms with Crippen molar-refractivity contribution in [2.45, 2.75) is 52.0 Å². The van der Waals surface area contributed by atoms with Crippen molar-refractivity contribution < 1.29 is 5.11 Å². The fourth-order valence-electron chi connectivity index (χ4n) is 3.74. The molecule has 26 heavy (non-hydrogen) atoms. The minimum Gasteiger partial charge on any atom is -0.394 e. The highest BCUT2D eigenvalue weighted by molar-refractivity contribution is 7.19. The number of aliphatic hydroxyl groups is 1. The minimum absolute atomic E-state index is 0.0375. The number of hydrogen-bond acceptors (Lipinski definition) is 5. The number of rotatable bonds is 4. The van der Waals surface area contributed by atoms with E-state index >= 15 is 0 Å². The number of nitrogens with zero attached hydrogens (tertiary/aromatic N) is 2. The molecule has 3 aromatic rings. The van der Waals surface area contributed by atoms with Crippen molar-refractivity contribution in [3.05, 3.63) is 40.5 Å². The first-order valence-corrected chi connectivity index (χ1v) is 10.1. The standard InChI is InChI=1S/C21H25N3OS/c1-13-17(16-9-8-14-6-4-5-7-15(14)10-16)18-19(24-21(2,3)11-25)22-12-23-20(18)26-13/h8-10,12,25H,4-7,11H2,1-3H3,(H,22,23,24). The predicted octanol–water partition coefficient (Wildman–Crippen LogP) is 4.73. The summed E-state index contributed by atoms with van der Waals surface area (Å²) < 4.78 is 0. The first-order chi connectivity index (χ1) is 12.5. The number of benzene rings is 1. The Morgan fingerprint density at radius 2 is 1.92 bits per heavy atom. The molecule has 0 unspecified atom stereocenters. The number of aliphatic hydroxyl groups excluding tert-OH is 1. The Morgan fingerprint density at radius 1 is 1.15 bits per heavy atom. The van der Waals surface area contributed by atoms with Crippen LogP contribution in [0.15, 0.2) is 24.5 Å². The number of anilines is 1. The molecule has 0 saturated carbocycles. The van der Waals surface area contributed by atoms with Crippen LogP contribution in [0.5, 0.6) is 0 Å². The summed E-state index contributed by atoms with van der Waals surface area (Å²) >= 11 is 1.71. The molecule has 0 saturated heterocycles. The molecule has 0 amide bonds. The average Bonchev–Trinajstić information content (AvgIpc) is 2.98. The first kappa shape index (κ1) is 17.4. The van der Waals surface area contributed by atoms with Crippen LogP contribution in [0.3, 0.4) is 0 Å². The third kappa shape index (κ3) is 3.10. The van der Waals surface area contributed by atoms with Gasteiger partial charge in [0.2, 0.25) is 0 Å². The molecule has 2 N–H and O–H groups in total. The summed E-state index contributed by atoms with van der Waals surface area (Å²) in [5.74, 6) is 0.797. The molecule has 0 bridgehead atoms. The van der Waals surface area contributed by atoms with Crippen molar-refractivity contribution in [1.82, 2.24) is 9.97 Å². The van der Waals surface area contributed by atoms with Gasteiger partial charge in [0.1, 0.15) is 17.0 Å². The second-order valence-corrected chi connectivity index (χ2v) is 9.00. The lowest BCUT2D eigenvalue weighted by Gasteiger charge is -2.24. The molecule has 0 spiro atoms. The van der Waals surface area contributed by atoms with E-state index in [1.165, 1.54) is 52.8 Å². The highest BCUT2D eigenvalue weighted by atomic mass is 32.1. The quantitative estimate of drug-likeness (QED) is 0.700. The van der Waals surface area contributed by atoms with Gasteiger partial charge < -0.3 is 10.4 Å². The molecule has 1 aromatic carbocycles. The lowest BCUT2D eigenvalue weighted by atomic mass is 9.89. The highest BCUT2D eigenvalue weighted by Crippen LogP contribution is 2.41. The van der Waals surface area contributed by atoms with Gasteiger partial charge >= 0.3 is 0 Å². The van der Waals surface area contributed by atoms with Crippen molar-refractivity contribution in [3.8, 4) is 11.1 Å². The van der Waals surface area contributed by atoms with Crippen LogP contribution in [-0.4, -0.2) is 27.2 Å². The average molecular weight is 368 g/mol. The predicted molar refractivity (Wildman–Crippen MR) is 109 cm³/mol. The molecule has 0 fully saturated rings. The Bertz CT molecular complexity index is 961. The van der Waals surface area contributed by atoms with Crippen molar-refractivity contribution in [3.63, 3.8) is 0 Å². The molecule has 4 nitrogen and oxygen atoms in total. The fraction of sp³-hybridized carbons (Fsp3) is 0.429. The van der Waals surface area contributed by atoms with E-state index in [4.69, 9.17) is 0 Å². The largest absolute Gasteiger partial charge is 0.394 e. The number of fused-ring (bicyclic) bond motifs is 2. The van der Waals surface area contributed by atoms with E-state index in [0.717, 1.165) is 16.0 Å². The van der Waals surface area contributed by atoms with Gasteiger partial charge in [0.15, 0.2) is 0 Å². The van der Waals surface area contributed by atoms with Crippen LogP contribution < -0.4 is 5.32 Å². The lowest BCUT2D eigenvalue weighted by molar-refractivity contribution is 0.234. The molecular formula is C21H25N3OS. The van der Waals surface area contributed by atoms with Crippen LogP contribution >= 0.6 is 11.3 Å². The molecule has 5 heteroatoms. The first-order valence-electron chi connectivity index (χ1n) is 9.24. The van der Waals surface area contributed by atoms with Gasteiger partial charge in [-0.25, -0.2) is 9.97 Å². The van der Waals surface area contributed by atoms with E-state index in [-0.39, 0.29) is 6.61 Å². The van der Waals surface area contributed by atoms with Crippen LogP contribution in [0.1, 0.15) is 42.7 Å². The van der Waals surface area contributed by atoms with Gasteiger partial charge in [-0.15, -0.1) is 11.3 Å². The maximum Gasteiger partial charge on any atom is 0.139 e. The molecule has 0 atom stereocenters. The summed E-state index contributed by atoms with van der Waals surface area (Å²) in [4.78, 5) is 11.2. The van der Waals surface area contributed by atoms with Crippen molar-refractivity contribution in [1.29, 1.82) is 0 Å². The zero-order valence-electron chi connectivity index (χ0n) is 15.6. The van der Waals surface area contributed by atoms with Crippen LogP contribution in [0, 0.1) is 6.92 Å². The summed E-state index contributed by atoms with van der Waals surface area (Å²) in [6, 6.07) is 6.89. The molecule has 0 aliphatic heterocycles. The number of nitrogens with one attached hydrogen (secondary N) is 1. The van der Waals surface area contributed by atoms with E-state index in [0.29, 0.717) is 0 Å². The summed E-state index contributed by atoms with van der Waals surface area (Å²) in [7, 11) is 0. The van der Waals surface area contributed by atoms with E-state index < -0.39 is 5.54 Å². The fourth-order valence-corrected chi connectivity index (χ4v) is 4.75. The van der Waals surface area contributed by atoms with Gasteiger partial charge in [-0.2, -0.15) is 0 Å². The van der Waals surface area contributed by atoms with Crippen LogP contribution in [-0.2, 0) is 12.8 Å². The SMILES string of the molecule is Cc1sc2ncnc(NC(C)(C)CO)c2c1-c1ccc2c(c1)CCCC2. The Morgan fingerprint density at radius 3 is 2.69 bits per heavy atom. The zero-order valence-corrected chi connectivity index (χ0v) is 16.4. The lowest BCUT2D eigenvalue weighted by Crippen LogP contribution is -2.35. The van der Waals surface area contributed by atoms with Gasteiger partial charge in [-0.05, 0) is 63.1 Å². The third-order valence-electron chi connectivity index (χ3n) is 5.15. The molecule has 1 aliphatic rings. The minimum atomic E-state index is -0.440. The molecule has 1 aliphatic carbocycles. The van der Waals surface area contributed by atoms with Gasteiger partial charge in [0.25, 0.3) is 0 Å². The Kier molecular flexibility index (Phi) is 4.45. The van der Waals surface area contributed by atoms with E-state index in [2.05, 4.69) is 40.4 Å². The summed E-state index contributed by atoms with van der Waals surface area (Å²) in [5, 5.41) is 14.1. The van der Waals surface area contributed by atoms with Gasteiger partial charge in [0.05, 0.1) is 17.5 Å². The molecule has 2 heterocycles. The van der Waals surface area contributed by atoms with Gasteiger partial charge in [-0.3, -0.25) is 0 Å². The van der Waals surface area contributed by atoms with E-state index in [1.807, 2.05) is 13.8 Å². The Labute approximate surface area is 158 Å².